The van der Waals surface area contributed by atoms with Gasteiger partial charge in [0.25, 0.3) is 0 Å². The zero-order valence-corrected chi connectivity index (χ0v) is 8.81. The maximum atomic E-state index is 3.87. The molecule has 1 rings (SSSR count). The Hall–Kier alpha value is -1.64. The molecule has 14 heavy (non-hydrogen) atoms. The monoisotopic (exact) mass is 189 g/mol. The summed E-state index contributed by atoms with van der Waals surface area (Å²) in [7, 11) is 4.04. The van der Waals surface area contributed by atoms with Gasteiger partial charge in [-0.3, -0.25) is 0 Å². The smallest absolute Gasteiger partial charge is 0.0567 e. The molecule has 1 aromatic carbocycles. The lowest BCUT2D eigenvalue weighted by Gasteiger charge is -2.11. The molecule has 0 N–H and O–H groups in total. The van der Waals surface area contributed by atoms with Crippen molar-refractivity contribution in [3.05, 3.63) is 29.8 Å². The molecule has 0 saturated heterocycles. The second-order valence-electron chi connectivity index (χ2n) is 3.10. The number of nitrogens with zero attached hydrogens (tertiary/aromatic N) is 3. The maximum absolute atomic E-state index is 3.87. The molecule has 0 aromatic heterocycles. The van der Waals surface area contributed by atoms with Gasteiger partial charge in [0.2, 0.25) is 0 Å². The summed E-state index contributed by atoms with van der Waals surface area (Å²) in [5.41, 5.74) is 2.24. The number of hydrogen-bond donors (Lipinski definition) is 0. The predicted molar refractivity (Wildman–Crippen MR) is 62.5 cm³/mol. The van der Waals surface area contributed by atoms with Crippen molar-refractivity contribution in [2.75, 3.05) is 19.0 Å². The van der Waals surface area contributed by atoms with Crippen LogP contribution in [0, 0.1) is 0 Å². The van der Waals surface area contributed by atoms with E-state index in [1.54, 1.807) is 12.4 Å². The van der Waals surface area contributed by atoms with Crippen molar-refractivity contribution in [1.29, 1.82) is 0 Å². The first-order valence-electron chi connectivity index (χ1n) is 4.52. The van der Waals surface area contributed by atoms with E-state index >= 15 is 0 Å². The van der Waals surface area contributed by atoms with Gasteiger partial charge >= 0.3 is 0 Å². The quantitative estimate of drug-likeness (QED) is 0.529. The van der Waals surface area contributed by atoms with E-state index in [4.69, 9.17) is 0 Å². The van der Waals surface area contributed by atoms with Crippen LogP contribution in [0.3, 0.4) is 0 Å². The fraction of sp³-hybridized carbons (Fsp3) is 0.273. The van der Waals surface area contributed by atoms with Crippen LogP contribution in [-0.2, 0) is 0 Å². The highest BCUT2D eigenvalue weighted by Gasteiger charge is 1.93. The van der Waals surface area contributed by atoms with Gasteiger partial charge in [0, 0.05) is 26.0 Å². The summed E-state index contributed by atoms with van der Waals surface area (Å²) < 4.78 is 0. The molecule has 0 bridgehead atoms. The maximum Gasteiger partial charge on any atom is 0.0567 e. The van der Waals surface area contributed by atoms with Crippen molar-refractivity contribution in [1.82, 2.24) is 0 Å². The summed E-state index contributed by atoms with van der Waals surface area (Å²) in [6, 6.07) is 8.14. The third-order valence-electron chi connectivity index (χ3n) is 1.80. The highest BCUT2D eigenvalue weighted by molar-refractivity contribution is 5.80. The summed E-state index contributed by atoms with van der Waals surface area (Å²) in [6.07, 6.45) is 3.39. The second kappa shape index (κ2) is 5.17. The topological polar surface area (TPSA) is 28.0 Å². The molecule has 0 fully saturated rings. The number of hydrogen-bond acceptors (Lipinski definition) is 3. The number of benzene rings is 1. The summed E-state index contributed by atoms with van der Waals surface area (Å²) in [4.78, 5) is 2.06. The minimum absolute atomic E-state index is 1.06. The summed E-state index contributed by atoms with van der Waals surface area (Å²) in [5.74, 6) is 0. The van der Waals surface area contributed by atoms with Crippen LogP contribution in [0.5, 0.6) is 0 Å². The Balaban J connectivity index is 2.73. The van der Waals surface area contributed by atoms with Gasteiger partial charge in [-0.15, -0.1) is 0 Å². The summed E-state index contributed by atoms with van der Waals surface area (Å²) >= 11 is 0. The third kappa shape index (κ3) is 3.01. The molecular formula is C11H15N3. The van der Waals surface area contributed by atoms with Gasteiger partial charge in [-0.1, -0.05) is 12.1 Å². The molecule has 0 aliphatic heterocycles. The van der Waals surface area contributed by atoms with Gasteiger partial charge in [0.15, 0.2) is 0 Å². The molecule has 0 spiro atoms. The van der Waals surface area contributed by atoms with Gasteiger partial charge in [-0.2, -0.15) is 10.2 Å². The van der Waals surface area contributed by atoms with Gasteiger partial charge in [0.05, 0.1) is 6.21 Å². The zero-order valence-electron chi connectivity index (χ0n) is 8.81. The molecule has 0 aliphatic carbocycles. The van der Waals surface area contributed by atoms with Gasteiger partial charge < -0.3 is 4.90 Å². The van der Waals surface area contributed by atoms with Crippen molar-refractivity contribution in [2.45, 2.75) is 6.92 Å². The van der Waals surface area contributed by atoms with Crippen LogP contribution < -0.4 is 4.90 Å². The zero-order chi connectivity index (χ0) is 10.4. The molecule has 0 amide bonds. The Morgan fingerprint density at radius 3 is 2.21 bits per heavy atom. The molecule has 0 atom stereocenters. The van der Waals surface area contributed by atoms with Crippen molar-refractivity contribution in [2.24, 2.45) is 10.2 Å². The van der Waals surface area contributed by atoms with E-state index in [1.165, 1.54) is 5.69 Å². The first-order valence-corrected chi connectivity index (χ1v) is 4.52. The Bertz CT molecular complexity index is 323. The molecule has 0 aliphatic rings. The standard InChI is InChI=1S/C11H15N3/c1-4-12-13-9-10-5-7-11(8-6-10)14(2)3/h4-9H,1-3H3. The van der Waals surface area contributed by atoms with E-state index in [1.807, 2.05) is 33.2 Å². The summed E-state index contributed by atoms with van der Waals surface area (Å²) in [5, 5.41) is 7.62. The molecule has 1 aromatic rings. The molecule has 0 saturated carbocycles. The lowest BCUT2D eigenvalue weighted by atomic mass is 10.2. The minimum atomic E-state index is 1.06. The molecule has 0 unspecified atom stereocenters. The van der Waals surface area contributed by atoms with Crippen LogP contribution in [0.4, 0.5) is 5.69 Å². The van der Waals surface area contributed by atoms with Crippen molar-refractivity contribution < 1.29 is 0 Å². The third-order valence-corrected chi connectivity index (χ3v) is 1.80. The fourth-order valence-electron chi connectivity index (χ4n) is 1.03. The molecule has 3 nitrogen and oxygen atoms in total. The van der Waals surface area contributed by atoms with Crippen molar-refractivity contribution >= 4 is 18.1 Å². The lowest BCUT2D eigenvalue weighted by Crippen LogP contribution is -2.08. The first kappa shape index (κ1) is 10.4. The van der Waals surface area contributed by atoms with E-state index in [0.29, 0.717) is 0 Å². The minimum Gasteiger partial charge on any atom is -0.378 e. The Morgan fingerprint density at radius 1 is 1.07 bits per heavy atom. The Labute approximate surface area is 84.8 Å². The van der Waals surface area contributed by atoms with Crippen LogP contribution in [-0.4, -0.2) is 26.5 Å². The van der Waals surface area contributed by atoms with E-state index in [-0.39, 0.29) is 0 Å². The Morgan fingerprint density at radius 2 is 1.71 bits per heavy atom. The average molecular weight is 189 g/mol. The molecular weight excluding hydrogens is 174 g/mol. The fourth-order valence-corrected chi connectivity index (χ4v) is 1.03. The van der Waals surface area contributed by atoms with Crippen LogP contribution >= 0.6 is 0 Å². The first-order chi connectivity index (χ1) is 6.74. The van der Waals surface area contributed by atoms with E-state index in [0.717, 1.165) is 5.56 Å². The Kier molecular flexibility index (Phi) is 3.85. The van der Waals surface area contributed by atoms with E-state index in [2.05, 4.69) is 27.2 Å². The SMILES string of the molecule is CC=NN=Cc1ccc(N(C)C)cc1. The van der Waals surface area contributed by atoms with Crippen LogP contribution in [0.1, 0.15) is 12.5 Å². The van der Waals surface area contributed by atoms with Crippen molar-refractivity contribution in [3.63, 3.8) is 0 Å². The van der Waals surface area contributed by atoms with Gasteiger partial charge in [0.1, 0.15) is 0 Å². The summed E-state index contributed by atoms with van der Waals surface area (Å²) in [6.45, 7) is 1.84. The largest absolute Gasteiger partial charge is 0.378 e. The number of rotatable bonds is 3. The van der Waals surface area contributed by atoms with E-state index < -0.39 is 0 Å². The van der Waals surface area contributed by atoms with Gasteiger partial charge in [-0.25, -0.2) is 0 Å². The molecule has 0 radical (unpaired) electrons. The highest BCUT2D eigenvalue weighted by Crippen LogP contribution is 2.10. The van der Waals surface area contributed by atoms with Crippen LogP contribution in [0.15, 0.2) is 34.5 Å². The van der Waals surface area contributed by atoms with E-state index in [9.17, 15) is 0 Å². The molecule has 74 valence electrons. The highest BCUT2D eigenvalue weighted by atomic mass is 15.2. The second-order valence-corrected chi connectivity index (χ2v) is 3.10. The number of anilines is 1. The average Bonchev–Trinajstić information content (AvgIpc) is 2.19. The normalized spacial score (nSPS) is 11.4. The molecule has 0 heterocycles. The predicted octanol–water partition coefficient (Wildman–Crippen LogP) is 2.18. The van der Waals surface area contributed by atoms with Crippen LogP contribution in [0.25, 0.3) is 0 Å². The van der Waals surface area contributed by atoms with Crippen LogP contribution in [0.2, 0.25) is 0 Å². The lowest BCUT2D eigenvalue weighted by molar-refractivity contribution is 1.13. The van der Waals surface area contributed by atoms with Crippen molar-refractivity contribution in [3.8, 4) is 0 Å². The van der Waals surface area contributed by atoms with Gasteiger partial charge in [-0.05, 0) is 24.6 Å². The molecule has 3 heteroatoms.